The highest BCUT2D eigenvalue weighted by atomic mass is 35.5. The molecule has 1 fully saturated rings. The van der Waals surface area contributed by atoms with Gasteiger partial charge in [-0.15, -0.1) is 6.42 Å². The lowest BCUT2D eigenvalue weighted by Crippen LogP contribution is -2.44. The van der Waals surface area contributed by atoms with Crippen molar-refractivity contribution in [1.82, 2.24) is 14.5 Å². The van der Waals surface area contributed by atoms with Crippen LogP contribution in [0.25, 0.3) is 0 Å². The van der Waals surface area contributed by atoms with Crippen LogP contribution in [-0.2, 0) is 31.6 Å². The second kappa shape index (κ2) is 8.97. The van der Waals surface area contributed by atoms with Gasteiger partial charge in [-0.05, 0) is 0 Å². The first-order chi connectivity index (χ1) is 14.0. The van der Waals surface area contributed by atoms with Crippen molar-refractivity contribution in [3.05, 3.63) is 27.3 Å². The van der Waals surface area contributed by atoms with Crippen LogP contribution in [-0.4, -0.2) is 62.9 Å². The number of hydrogen-bond acceptors (Lipinski definition) is 11. The first kappa shape index (κ1) is 26.0. The number of rotatable bonds is 8. The SMILES string of the molecule is C#CC1(Cl)[C@@H](O)[C@@H](COP(=O)(O)OP(=O)(O)OP(=O)(O)O)O[C@H]1n1cnc(=O)[nH]c1=O. The highest BCUT2D eigenvalue weighted by Crippen LogP contribution is 2.66. The number of nitrogens with one attached hydrogen (secondary N) is 1. The number of aromatic nitrogens is 3. The van der Waals surface area contributed by atoms with Crippen LogP contribution in [0.15, 0.2) is 15.9 Å². The number of aromatic amines is 1. The van der Waals surface area contributed by atoms with Gasteiger partial charge in [0.2, 0.25) is 0 Å². The molecule has 0 saturated carbocycles. The minimum atomic E-state index is -5.77. The summed E-state index contributed by atoms with van der Waals surface area (Å²) in [5.41, 5.74) is -2.09. The Kier molecular flexibility index (Phi) is 7.54. The van der Waals surface area contributed by atoms with Crippen molar-refractivity contribution in [2.45, 2.75) is 23.3 Å². The van der Waals surface area contributed by atoms with Gasteiger partial charge in [-0.25, -0.2) is 23.3 Å². The third-order valence-electron chi connectivity index (χ3n) is 3.49. The van der Waals surface area contributed by atoms with E-state index in [1.54, 1.807) is 4.98 Å². The molecule has 0 amide bonds. The molecule has 174 valence electrons. The fraction of sp³-hybridized carbons (Fsp3) is 0.500. The smallest absolute Gasteiger partial charge is 0.387 e. The van der Waals surface area contributed by atoms with E-state index in [0.29, 0.717) is 10.9 Å². The van der Waals surface area contributed by atoms with Crippen LogP contribution >= 0.6 is 35.1 Å². The summed E-state index contributed by atoms with van der Waals surface area (Å²) in [5, 5.41) is 10.3. The Balaban J connectivity index is 2.19. The molecular formula is C10H13ClN3O14P3. The standard InChI is InChI=1S/C10H13ClN3O14P3/c1-2-10(11)6(15)5(26-7(10)14-4-12-8(16)13-9(14)17)3-25-30(21,22)28-31(23,24)27-29(18,19)20/h1,4-7,15H,3H2,(H,21,22)(H,23,24)(H,13,16,17)(H2,18,19,20)/t5-,6+,7-,10?/m1/s1. The summed E-state index contributed by atoms with van der Waals surface area (Å²) in [5.74, 6) is 1.97. The number of phosphoric acid groups is 3. The predicted octanol–water partition coefficient (Wildman–Crippen LogP) is -1.86. The zero-order valence-electron chi connectivity index (χ0n) is 14.6. The van der Waals surface area contributed by atoms with Crippen molar-refractivity contribution in [1.29, 1.82) is 0 Å². The van der Waals surface area contributed by atoms with E-state index in [0.717, 1.165) is 0 Å². The van der Waals surface area contributed by atoms with Crippen molar-refractivity contribution in [2.24, 2.45) is 0 Å². The van der Waals surface area contributed by atoms with Gasteiger partial charge >= 0.3 is 34.8 Å². The van der Waals surface area contributed by atoms with Crippen molar-refractivity contribution in [3.63, 3.8) is 0 Å². The molecule has 2 rings (SSSR count). The van der Waals surface area contributed by atoms with Gasteiger partial charge in [0.05, 0.1) is 6.61 Å². The molecule has 1 aromatic rings. The minimum Gasteiger partial charge on any atom is -0.387 e. The number of ether oxygens (including phenoxy) is 1. The molecule has 6 N–H and O–H groups in total. The second-order valence-electron chi connectivity index (χ2n) is 5.66. The first-order valence-corrected chi connectivity index (χ1v) is 12.4. The number of hydrogen-bond donors (Lipinski definition) is 6. The third kappa shape index (κ3) is 6.41. The van der Waals surface area contributed by atoms with Crippen molar-refractivity contribution >= 4 is 35.1 Å². The van der Waals surface area contributed by atoms with E-state index in [9.17, 15) is 33.3 Å². The maximum absolute atomic E-state index is 11.9. The number of halogens is 1. The molecule has 3 unspecified atom stereocenters. The molecule has 6 atom stereocenters. The van der Waals surface area contributed by atoms with Gasteiger partial charge in [0.15, 0.2) is 11.1 Å². The molecule has 1 aliphatic heterocycles. The second-order valence-corrected chi connectivity index (χ2v) is 10.7. The quantitative estimate of drug-likeness (QED) is 0.123. The van der Waals surface area contributed by atoms with E-state index in [-0.39, 0.29) is 0 Å². The normalized spacial score (nSPS) is 30.3. The molecule has 0 aromatic carbocycles. The van der Waals surface area contributed by atoms with Crippen LogP contribution in [0.4, 0.5) is 0 Å². The topological polar surface area (TPSA) is 257 Å². The molecule has 0 bridgehead atoms. The lowest BCUT2D eigenvalue weighted by Gasteiger charge is -2.24. The summed E-state index contributed by atoms with van der Waals surface area (Å²) in [4.78, 5) is 61.4. The first-order valence-electron chi connectivity index (χ1n) is 7.46. The Labute approximate surface area is 176 Å². The number of H-pyrrole nitrogens is 1. The van der Waals surface area contributed by atoms with Crippen molar-refractivity contribution < 1.29 is 56.3 Å². The van der Waals surface area contributed by atoms with Crippen molar-refractivity contribution in [2.75, 3.05) is 6.61 Å². The summed E-state index contributed by atoms with van der Waals surface area (Å²) in [6.45, 7) is -1.09. The van der Waals surface area contributed by atoms with Gasteiger partial charge in [-0.2, -0.15) is 13.6 Å². The molecule has 1 aromatic heterocycles. The molecule has 1 aliphatic rings. The zero-order chi connectivity index (χ0) is 23.8. The Morgan fingerprint density at radius 3 is 2.39 bits per heavy atom. The van der Waals surface area contributed by atoms with E-state index in [1.807, 2.05) is 5.92 Å². The van der Waals surface area contributed by atoms with Crippen LogP contribution in [0.5, 0.6) is 0 Å². The molecule has 0 spiro atoms. The number of alkyl halides is 1. The zero-order valence-corrected chi connectivity index (χ0v) is 18.1. The molecule has 0 radical (unpaired) electrons. The highest BCUT2D eigenvalue weighted by Gasteiger charge is 2.56. The minimum absolute atomic E-state index is 0.613. The monoisotopic (exact) mass is 527 g/mol. The van der Waals surface area contributed by atoms with E-state index in [2.05, 4.69) is 18.1 Å². The molecule has 1 saturated heterocycles. The van der Waals surface area contributed by atoms with E-state index >= 15 is 0 Å². The van der Waals surface area contributed by atoms with Gasteiger partial charge in [-0.1, -0.05) is 17.5 Å². The van der Waals surface area contributed by atoms with E-state index < -0.39 is 64.8 Å². The number of aliphatic hydroxyl groups excluding tert-OH is 1. The Bertz CT molecular complexity index is 1140. The summed E-state index contributed by atoms with van der Waals surface area (Å²) < 4.78 is 51.0. The van der Waals surface area contributed by atoms with Gasteiger partial charge in [-0.3, -0.25) is 14.1 Å². The fourth-order valence-electron chi connectivity index (χ4n) is 2.30. The molecular weight excluding hydrogens is 514 g/mol. The summed E-state index contributed by atoms with van der Waals surface area (Å²) >= 11 is 6.14. The lowest BCUT2D eigenvalue weighted by molar-refractivity contribution is -0.0459. The molecule has 17 nitrogen and oxygen atoms in total. The summed E-state index contributed by atoms with van der Waals surface area (Å²) in [6, 6.07) is 0. The largest absolute Gasteiger partial charge is 0.490 e. The molecule has 31 heavy (non-hydrogen) atoms. The Morgan fingerprint density at radius 2 is 1.87 bits per heavy atom. The van der Waals surface area contributed by atoms with E-state index in [1.165, 1.54) is 0 Å². The lowest BCUT2D eigenvalue weighted by atomic mass is 10.00. The van der Waals surface area contributed by atoms with Gasteiger partial charge in [0, 0.05) is 0 Å². The average molecular weight is 528 g/mol. The Hall–Kier alpha value is -1.21. The van der Waals surface area contributed by atoms with E-state index in [4.69, 9.17) is 37.4 Å². The van der Waals surface area contributed by atoms with Crippen LogP contribution < -0.4 is 11.4 Å². The Morgan fingerprint density at radius 1 is 1.26 bits per heavy atom. The van der Waals surface area contributed by atoms with Crippen LogP contribution in [0, 0.1) is 12.3 Å². The summed E-state index contributed by atoms with van der Waals surface area (Å²) in [7, 11) is -16.9. The van der Waals surface area contributed by atoms with Gasteiger partial charge in [0.1, 0.15) is 18.5 Å². The van der Waals surface area contributed by atoms with Crippen molar-refractivity contribution in [3.8, 4) is 12.3 Å². The average Bonchev–Trinajstić information content (AvgIpc) is 2.82. The van der Waals surface area contributed by atoms with Gasteiger partial charge in [0.25, 0.3) is 0 Å². The molecule has 21 heteroatoms. The maximum Gasteiger partial charge on any atom is 0.490 e. The van der Waals surface area contributed by atoms with Crippen LogP contribution in [0.3, 0.4) is 0 Å². The van der Waals surface area contributed by atoms with Crippen LogP contribution in [0.1, 0.15) is 6.23 Å². The number of terminal acetylenes is 1. The number of aliphatic hydroxyl groups is 1. The maximum atomic E-state index is 11.9. The highest BCUT2D eigenvalue weighted by molar-refractivity contribution is 7.66. The summed E-state index contributed by atoms with van der Waals surface area (Å²) in [6.07, 6.45) is 0.803. The predicted molar refractivity (Wildman–Crippen MR) is 96.3 cm³/mol. The number of phosphoric ester groups is 1. The number of nitrogens with zero attached hydrogens (tertiary/aromatic N) is 2. The molecule has 2 heterocycles. The third-order valence-corrected chi connectivity index (χ3v) is 7.81. The van der Waals surface area contributed by atoms with Gasteiger partial charge < -0.3 is 29.4 Å². The van der Waals surface area contributed by atoms with Crippen LogP contribution in [0.2, 0.25) is 0 Å². The fourth-order valence-corrected chi connectivity index (χ4v) is 5.63. The molecule has 0 aliphatic carbocycles.